The van der Waals surface area contributed by atoms with Gasteiger partial charge in [0.25, 0.3) is 0 Å². The fraction of sp³-hybridized carbons (Fsp3) is 0.938. The zero-order valence-electron chi connectivity index (χ0n) is 13.4. The zero-order valence-corrected chi connectivity index (χ0v) is 13.4. The van der Waals surface area contributed by atoms with Crippen molar-refractivity contribution in [3.63, 3.8) is 0 Å². The van der Waals surface area contributed by atoms with Crippen LogP contribution in [0.4, 0.5) is 0 Å². The van der Waals surface area contributed by atoms with Crippen LogP contribution in [-0.2, 0) is 4.79 Å². The number of hydrogen-bond acceptors (Lipinski definition) is 3. The number of likely N-dealkylation sites (tertiary alicyclic amines) is 1. The molecule has 1 saturated carbocycles. The summed E-state index contributed by atoms with van der Waals surface area (Å²) in [6.07, 6.45) is 5.59. The highest BCUT2D eigenvalue weighted by molar-refractivity contribution is 5.76. The first-order valence-electron chi connectivity index (χ1n) is 8.27. The van der Waals surface area contributed by atoms with E-state index in [2.05, 4.69) is 36.0 Å². The van der Waals surface area contributed by atoms with Gasteiger partial charge in [-0.25, -0.2) is 0 Å². The van der Waals surface area contributed by atoms with Crippen molar-refractivity contribution in [2.45, 2.75) is 58.0 Å². The van der Waals surface area contributed by atoms with Gasteiger partial charge in [-0.1, -0.05) is 0 Å². The Morgan fingerprint density at radius 2 is 1.90 bits per heavy atom. The first-order valence-corrected chi connectivity index (χ1v) is 8.27. The molecule has 1 N–H and O–H groups in total. The molecule has 0 aromatic rings. The smallest absolute Gasteiger partial charge is 0.223 e. The van der Waals surface area contributed by atoms with Gasteiger partial charge < -0.3 is 15.1 Å². The number of carbonyl (C=O) groups is 1. The second kappa shape index (κ2) is 7.41. The molecule has 1 heterocycles. The molecule has 4 heteroatoms. The van der Waals surface area contributed by atoms with E-state index >= 15 is 0 Å². The van der Waals surface area contributed by atoms with Gasteiger partial charge in [-0.05, 0) is 52.5 Å². The number of carbonyl (C=O) groups excluding carboxylic acids is 1. The molecule has 116 valence electrons. The van der Waals surface area contributed by atoms with Gasteiger partial charge in [-0.2, -0.15) is 0 Å². The highest BCUT2D eigenvalue weighted by Gasteiger charge is 2.25. The van der Waals surface area contributed by atoms with Crippen molar-refractivity contribution in [1.29, 1.82) is 0 Å². The summed E-state index contributed by atoms with van der Waals surface area (Å²) >= 11 is 0. The van der Waals surface area contributed by atoms with Crippen molar-refractivity contribution in [2.24, 2.45) is 5.92 Å². The fourth-order valence-electron chi connectivity index (χ4n) is 2.81. The Morgan fingerprint density at radius 1 is 1.25 bits per heavy atom. The molecule has 0 unspecified atom stereocenters. The monoisotopic (exact) mass is 281 g/mol. The van der Waals surface area contributed by atoms with Crippen LogP contribution in [0.15, 0.2) is 0 Å². The number of rotatable bonds is 7. The largest absolute Gasteiger partial charge is 0.343 e. The van der Waals surface area contributed by atoms with Gasteiger partial charge in [-0.15, -0.1) is 0 Å². The maximum absolute atomic E-state index is 12.1. The topological polar surface area (TPSA) is 35.6 Å². The van der Waals surface area contributed by atoms with Crippen LogP contribution in [0.1, 0.15) is 46.0 Å². The molecule has 2 rings (SSSR count). The van der Waals surface area contributed by atoms with Gasteiger partial charge in [-0.3, -0.25) is 4.79 Å². The number of amides is 1. The molecule has 1 aliphatic heterocycles. The Balaban J connectivity index is 1.61. The van der Waals surface area contributed by atoms with Crippen molar-refractivity contribution in [3.8, 4) is 0 Å². The van der Waals surface area contributed by atoms with E-state index in [4.69, 9.17) is 0 Å². The summed E-state index contributed by atoms with van der Waals surface area (Å²) in [6, 6.07) is 1.32. The quantitative estimate of drug-likeness (QED) is 0.771. The van der Waals surface area contributed by atoms with E-state index in [0.717, 1.165) is 25.6 Å². The molecule has 0 aromatic carbocycles. The lowest BCUT2D eigenvalue weighted by Crippen LogP contribution is -2.42. The van der Waals surface area contributed by atoms with E-state index in [1.807, 2.05) is 0 Å². The third-order valence-electron chi connectivity index (χ3n) is 4.74. The van der Waals surface area contributed by atoms with Crippen LogP contribution in [0.3, 0.4) is 0 Å². The van der Waals surface area contributed by atoms with Crippen LogP contribution < -0.4 is 5.32 Å². The summed E-state index contributed by atoms with van der Waals surface area (Å²) in [6.45, 7) is 8.43. The standard InChI is InChI=1S/C16H31N3O/c1-13(2)18(3)12-14-7-10-19(11-8-14)16(20)6-9-17-15-4-5-15/h13-15,17H,4-12H2,1-3H3. The predicted molar refractivity (Wildman–Crippen MR) is 82.7 cm³/mol. The maximum Gasteiger partial charge on any atom is 0.223 e. The summed E-state index contributed by atoms with van der Waals surface area (Å²) < 4.78 is 0. The van der Waals surface area contributed by atoms with Crippen molar-refractivity contribution >= 4 is 5.91 Å². The zero-order chi connectivity index (χ0) is 14.5. The highest BCUT2D eigenvalue weighted by atomic mass is 16.2. The molecule has 1 saturated heterocycles. The minimum atomic E-state index is 0.341. The predicted octanol–water partition coefficient (Wildman–Crippen LogP) is 1.71. The molecule has 4 nitrogen and oxygen atoms in total. The average molecular weight is 281 g/mol. The molecule has 20 heavy (non-hydrogen) atoms. The highest BCUT2D eigenvalue weighted by Crippen LogP contribution is 2.20. The molecule has 0 spiro atoms. The average Bonchev–Trinajstić information content (AvgIpc) is 3.23. The van der Waals surface area contributed by atoms with Crippen LogP contribution in [0.2, 0.25) is 0 Å². The number of hydrogen-bond donors (Lipinski definition) is 1. The van der Waals surface area contributed by atoms with Gasteiger partial charge in [0.05, 0.1) is 0 Å². The van der Waals surface area contributed by atoms with Gasteiger partial charge in [0.15, 0.2) is 0 Å². The number of nitrogens with one attached hydrogen (secondary N) is 1. The van der Waals surface area contributed by atoms with Gasteiger partial charge in [0.1, 0.15) is 0 Å². The maximum atomic E-state index is 12.1. The third-order valence-corrected chi connectivity index (χ3v) is 4.74. The summed E-state index contributed by atoms with van der Waals surface area (Å²) in [5.74, 6) is 1.10. The van der Waals surface area contributed by atoms with Crippen molar-refractivity contribution in [2.75, 3.05) is 33.2 Å². The third kappa shape index (κ3) is 5.06. The van der Waals surface area contributed by atoms with E-state index in [0.29, 0.717) is 24.4 Å². The van der Waals surface area contributed by atoms with Crippen LogP contribution in [0.5, 0.6) is 0 Å². The van der Waals surface area contributed by atoms with Gasteiger partial charge in [0.2, 0.25) is 5.91 Å². The Labute approximate surface area is 123 Å². The first-order chi connectivity index (χ1) is 9.56. The summed E-state index contributed by atoms with van der Waals surface area (Å²) in [5.41, 5.74) is 0. The van der Waals surface area contributed by atoms with E-state index in [9.17, 15) is 4.79 Å². The SMILES string of the molecule is CC(C)N(C)CC1CCN(C(=O)CCNC2CC2)CC1. The van der Waals surface area contributed by atoms with Crippen molar-refractivity contribution in [3.05, 3.63) is 0 Å². The number of piperidine rings is 1. The second-order valence-corrected chi connectivity index (χ2v) is 6.84. The molecule has 2 fully saturated rings. The number of nitrogens with zero attached hydrogens (tertiary/aromatic N) is 2. The fourth-order valence-corrected chi connectivity index (χ4v) is 2.81. The van der Waals surface area contributed by atoms with Gasteiger partial charge >= 0.3 is 0 Å². The molecule has 2 aliphatic rings. The minimum absolute atomic E-state index is 0.341. The molecule has 0 aromatic heterocycles. The normalized spacial score (nSPS) is 20.9. The van der Waals surface area contributed by atoms with E-state index in [1.165, 1.54) is 32.2 Å². The van der Waals surface area contributed by atoms with Gasteiger partial charge in [0, 0.05) is 44.7 Å². The van der Waals surface area contributed by atoms with E-state index in [1.54, 1.807) is 0 Å². The Bertz CT molecular complexity index is 307. The van der Waals surface area contributed by atoms with E-state index < -0.39 is 0 Å². The molecular formula is C16H31N3O. The second-order valence-electron chi connectivity index (χ2n) is 6.84. The first kappa shape index (κ1) is 15.8. The van der Waals surface area contributed by atoms with Crippen molar-refractivity contribution < 1.29 is 4.79 Å². The Kier molecular flexibility index (Phi) is 5.85. The Morgan fingerprint density at radius 3 is 2.45 bits per heavy atom. The lowest BCUT2D eigenvalue weighted by atomic mass is 9.95. The minimum Gasteiger partial charge on any atom is -0.343 e. The van der Waals surface area contributed by atoms with E-state index in [-0.39, 0.29) is 0 Å². The van der Waals surface area contributed by atoms with Crippen LogP contribution in [0, 0.1) is 5.92 Å². The molecule has 0 atom stereocenters. The van der Waals surface area contributed by atoms with Crippen LogP contribution in [-0.4, -0.2) is 61.0 Å². The molecule has 0 bridgehead atoms. The molecule has 1 aliphatic carbocycles. The summed E-state index contributed by atoms with van der Waals surface area (Å²) in [4.78, 5) is 16.6. The van der Waals surface area contributed by atoms with Crippen molar-refractivity contribution in [1.82, 2.24) is 15.1 Å². The summed E-state index contributed by atoms with van der Waals surface area (Å²) in [5, 5.41) is 3.42. The molecular weight excluding hydrogens is 250 g/mol. The summed E-state index contributed by atoms with van der Waals surface area (Å²) in [7, 11) is 2.20. The Hall–Kier alpha value is -0.610. The molecule has 0 radical (unpaired) electrons. The molecule has 1 amide bonds. The van der Waals surface area contributed by atoms with Crippen LogP contribution in [0.25, 0.3) is 0 Å². The lowest BCUT2D eigenvalue weighted by Gasteiger charge is -2.35. The lowest BCUT2D eigenvalue weighted by molar-refractivity contribution is -0.132. The van der Waals surface area contributed by atoms with Crippen LogP contribution >= 0.6 is 0 Å².